The average molecular weight is 419 g/mol. The van der Waals surface area contributed by atoms with E-state index in [1.54, 1.807) is 32.0 Å². The molecular formula is C22H24F3N3O2. The predicted octanol–water partition coefficient (Wildman–Crippen LogP) is 4.69. The quantitative estimate of drug-likeness (QED) is 0.542. The Kier molecular flexibility index (Phi) is 4.92. The molecule has 3 N–H and O–H groups in total. The first-order chi connectivity index (χ1) is 14.1. The number of rotatable bonds is 6. The van der Waals surface area contributed by atoms with Crippen molar-refractivity contribution in [3.05, 3.63) is 54.2 Å². The highest BCUT2D eigenvalue weighted by atomic mass is 19.4. The molecule has 0 bridgehead atoms. The van der Waals surface area contributed by atoms with Crippen molar-refractivity contribution in [1.82, 2.24) is 10.2 Å². The molecule has 0 saturated carbocycles. The predicted molar refractivity (Wildman–Crippen MR) is 109 cm³/mol. The van der Waals surface area contributed by atoms with Gasteiger partial charge in [-0.2, -0.15) is 18.3 Å². The summed E-state index contributed by atoms with van der Waals surface area (Å²) in [5.74, 6) is 0.691. The number of nitrogens with zero attached hydrogens (tertiary/aromatic N) is 1. The number of benzene rings is 2. The Labute approximate surface area is 172 Å². The second kappa shape index (κ2) is 7.19. The van der Waals surface area contributed by atoms with E-state index in [0.29, 0.717) is 28.8 Å². The largest absolute Gasteiger partial charge is 0.489 e. The summed E-state index contributed by atoms with van der Waals surface area (Å²) in [7, 11) is 0. The first-order valence-electron chi connectivity index (χ1n) is 9.79. The van der Waals surface area contributed by atoms with Crippen molar-refractivity contribution >= 4 is 16.6 Å². The van der Waals surface area contributed by atoms with Gasteiger partial charge in [-0.15, -0.1) is 0 Å². The summed E-state index contributed by atoms with van der Waals surface area (Å²) in [5, 5.41) is 20.9. The average Bonchev–Trinajstić information content (AvgIpc) is 3.32. The van der Waals surface area contributed by atoms with Gasteiger partial charge in [0.25, 0.3) is 0 Å². The molecule has 1 aromatic heterocycles. The van der Waals surface area contributed by atoms with E-state index in [2.05, 4.69) is 15.5 Å². The van der Waals surface area contributed by atoms with Gasteiger partial charge in [-0.1, -0.05) is 38.1 Å². The number of H-pyrrole nitrogens is 1. The number of aromatic amines is 1. The molecule has 0 spiro atoms. The van der Waals surface area contributed by atoms with E-state index in [9.17, 15) is 18.3 Å². The van der Waals surface area contributed by atoms with Crippen molar-refractivity contribution in [2.45, 2.75) is 44.6 Å². The molecule has 0 saturated heterocycles. The summed E-state index contributed by atoms with van der Waals surface area (Å²) in [5.41, 5.74) is -1.71. The van der Waals surface area contributed by atoms with E-state index in [-0.39, 0.29) is 0 Å². The zero-order valence-corrected chi connectivity index (χ0v) is 16.8. The molecule has 2 unspecified atom stereocenters. The van der Waals surface area contributed by atoms with Gasteiger partial charge in [0.15, 0.2) is 5.60 Å². The molecule has 0 radical (unpaired) electrons. The minimum absolute atomic E-state index is 0.457. The molecule has 0 fully saturated rings. The Morgan fingerprint density at radius 2 is 1.93 bits per heavy atom. The highest BCUT2D eigenvalue weighted by molar-refractivity contribution is 5.90. The van der Waals surface area contributed by atoms with E-state index in [0.717, 1.165) is 5.56 Å². The maximum Gasteiger partial charge on any atom is 0.418 e. The number of aromatic nitrogens is 2. The lowest BCUT2D eigenvalue weighted by atomic mass is 9.74. The van der Waals surface area contributed by atoms with Crippen molar-refractivity contribution in [2.75, 3.05) is 11.9 Å². The highest BCUT2D eigenvalue weighted by Crippen LogP contribution is 2.45. The third kappa shape index (κ3) is 3.71. The molecule has 3 aromatic rings. The molecular weight excluding hydrogens is 395 g/mol. The summed E-state index contributed by atoms with van der Waals surface area (Å²) >= 11 is 0. The van der Waals surface area contributed by atoms with Crippen molar-refractivity contribution in [3.63, 3.8) is 0 Å². The van der Waals surface area contributed by atoms with Crippen molar-refractivity contribution in [3.8, 4) is 5.75 Å². The Balaban J connectivity index is 1.54. The van der Waals surface area contributed by atoms with Gasteiger partial charge in [0, 0.05) is 22.9 Å². The van der Waals surface area contributed by atoms with Crippen molar-refractivity contribution < 1.29 is 23.0 Å². The molecule has 30 heavy (non-hydrogen) atoms. The van der Waals surface area contributed by atoms with Crippen molar-refractivity contribution in [2.24, 2.45) is 5.41 Å². The number of nitrogens with one attached hydrogen (secondary N) is 2. The number of hydrogen-bond acceptors (Lipinski definition) is 4. The first kappa shape index (κ1) is 20.5. The van der Waals surface area contributed by atoms with E-state index < -0.39 is 36.3 Å². The number of alkyl halides is 3. The fraction of sp³-hybridized carbons (Fsp3) is 0.409. The number of aliphatic hydroxyl groups is 1. The van der Waals surface area contributed by atoms with Crippen LogP contribution in [0.4, 0.5) is 18.9 Å². The van der Waals surface area contributed by atoms with Gasteiger partial charge in [-0.25, -0.2) is 0 Å². The maximum absolute atomic E-state index is 14.0. The van der Waals surface area contributed by atoms with E-state index in [1.807, 2.05) is 24.3 Å². The van der Waals surface area contributed by atoms with Gasteiger partial charge >= 0.3 is 6.18 Å². The van der Waals surface area contributed by atoms with Crippen LogP contribution in [0.2, 0.25) is 0 Å². The summed E-state index contributed by atoms with van der Waals surface area (Å²) in [4.78, 5) is 0. The number of ether oxygens (including phenoxy) is 1. The van der Waals surface area contributed by atoms with Gasteiger partial charge in [-0.3, -0.25) is 5.10 Å². The van der Waals surface area contributed by atoms with E-state index in [1.165, 1.54) is 6.20 Å². The van der Waals surface area contributed by atoms with Crippen LogP contribution in [0, 0.1) is 5.41 Å². The SMILES string of the molecule is CC(C)(CC(O)(CNc1cccc2[nH]ncc12)C(F)(F)F)C1Cc2ccccc2O1. The Morgan fingerprint density at radius 3 is 2.67 bits per heavy atom. The van der Waals surface area contributed by atoms with E-state index >= 15 is 0 Å². The summed E-state index contributed by atoms with van der Waals surface area (Å²) in [6.45, 7) is 2.73. The van der Waals surface area contributed by atoms with Crippen LogP contribution in [0.5, 0.6) is 5.75 Å². The van der Waals surface area contributed by atoms with Crippen LogP contribution in [0.15, 0.2) is 48.7 Å². The van der Waals surface area contributed by atoms with Crippen LogP contribution in [-0.2, 0) is 6.42 Å². The van der Waals surface area contributed by atoms with Gasteiger partial charge in [0.2, 0.25) is 0 Å². The van der Waals surface area contributed by atoms with Crippen LogP contribution in [0.3, 0.4) is 0 Å². The molecule has 2 atom stereocenters. The maximum atomic E-state index is 14.0. The smallest absolute Gasteiger partial charge is 0.418 e. The van der Waals surface area contributed by atoms with Crippen LogP contribution in [0.1, 0.15) is 25.8 Å². The number of para-hydroxylation sites is 1. The molecule has 0 amide bonds. The van der Waals surface area contributed by atoms with Crippen LogP contribution >= 0.6 is 0 Å². The lowest BCUT2D eigenvalue weighted by molar-refractivity contribution is -0.266. The Bertz CT molecular complexity index is 1020. The van der Waals surface area contributed by atoms with Crippen LogP contribution in [-0.4, -0.2) is 39.7 Å². The van der Waals surface area contributed by atoms with Crippen molar-refractivity contribution in [1.29, 1.82) is 0 Å². The zero-order chi connectivity index (χ0) is 21.6. The number of hydrogen-bond donors (Lipinski definition) is 3. The summed E-state index contributed by atoms with van der Waals surface area (Å²) in [6.07, 6.45) is -3.72. The van der Waals surface area contributed by atoms with Gasteiger partial charge < -0.3 is 15.2 Å². The lowest BCUT2D eigenvalue weighted by Crippen LogP contribution is -2.55. The fourth-order valence-corrected chi connectivity index (χ4v) is 4.11. The second-order valence-electron chi connectivity index (χ2n) is 8.60. The highest BCUT2D eigenvalue weighted by Gasteiger charge is 2.57. The lowest BCUT2D eigenvalue weighted by Gasteiger charge is -2.40. The Morgan fingerprint density at radius 1 is 1.17 bits per heavy atom. The Hall–Kier alpha value is -2.74. The summed E-state index contributed by atoms with van der Waals surface area (Å²) < 4.78 is 47.9. The van der Waals surface area contributed by atoms with Gasteiger partial charge in [0.1, 0.15) is 11.9 Å². The standard InChI is InChI=1S/C22H24F3N3O2/c1-20(2,19-10-14-6-3-4-9-18(14)30-19)12-21(29,22(23,24)25)13-26-16-7-5-8-17-15(16)11-27-28-17/h3-9,11,19,26,29H,10,12-13H2,1-2H3,(H,27,28). The van der Waals surface area contributed by atoms with Gasteiger partial charge in [0.05, 0.1) is 18.3 Å². The zero-order valence-electron chi connectivity index (χ0n) is 16.8. The van der Waals surface area contributed by atoms with E-state index in [4.69, 9.17) is 4.74 Å². The second-order valence-corrected chi connectivity index (χ2v) is 8.60. The normalized spacial score (nSPS) is 18.7. The monoisotopic (exact) mass is 419 g/mol. The minimum atomic E-state index is -4.81. The molecule has 8 heteroatoms. The van der Waals surface area contributed by atoms with Crippen LogP contribution in [0.25, 0.3) is 10.9 Å². The number of fused-ring (bicyclic) bond motifs is 2. The minimum Gasteiger partial charge on any atom is -0.489 e. The molecule has 0 aliphatic carbocycles. The molecule has 4 rings (SSSR count). The first-order valence-corrected chi connectivity index (χ1v) is 9.79. The number of halogens is 3. The third-order valence-electron chi connectivity index (χ3n) is 5.85. The molecule has 2 aromatic carbocycles. The molecule has 1 aliphatic heterocycles. The number of anilines is 1. The molecule has 5 nitrogen and oxygen atoms in total. The third-order valence-corrected chi connectivity index (χ3v) is 5.85. The molecule has 1 aliphatic rings. The molecule has 2 heterocycles. The van der Waals surface area contributed by atoms with Gasteiger partial charge in [-0.05, 0) is 30.2 Å². The van der Waals surface area contributed by atoms with Crippen LogP contribution < -0.4 is 10.1 Å². The fourth-order valence-electron chi connectivity index (χ4n) is 4.11. The molecule has 160 valence electrons. The topological polar surface area (TPSA) is 70.2 Å². The summed E-state index contributed by atoms with van der Waals surface area (Å²) in [6, 6.07) is 12.6.